The number of benzene rings is 2. The van der Waals surface area contributed by atoms with Gasteiger partial charge in [-0.3, -0.25) is 9.59 Å². The maximum atomic E-state index is 12.9. The fraction of sp³-hybridized carbons (Fsp3) is 0.318. The summed E-state index contributed by atoms with van der Waals surface area (Å²) in [7, 11) is 1.29. The van der Waals surface area contributed by atoms with Gasteiger partial charge in [-0.15, -0.1) is 0 Å². The molecule has 0 saturated heterocycles. The number of aryl methyl sites for hydroxylation is 1. The van der Waals surface area contributed by atoms with E-state index < -0.39 is 24.0 Å². The first kappa shape index (κ1) is 21.2. The van der Waals surface area contributed by atoms with Crippen molar-refractivity contribution in [2.45, 2.75) is 38.8 Å². The number of carbonyl (C=O) groups is 3. The van der Waals surface area contributed by atoms with Crippen LogP contribution >= 0.6 is 0 Å². The second-order valence-corrected chi connectivity index (χ2v) is 6.66. The molecule has 0 aliphatic carbocycles. The van der Waals surface area contributed by atoms with Gasteiger partial charge < -0.3 is 15.4 Å². The van der Waals surface area contributed by atoms with E-state index in [-0.39, 0.29) is 5.91 Å². The molecule has 0 aliphatic rings. The molecule has 2 amide bonds. The maximum Gasteiger partial charge on any atom is 0.328 e. The highest BCUT2D eigenvalue weighted by atomic mass is 16.5. The Labute approximate surface area is 165 Å². The smallest absolute Gasteiger partial charge is 0.328 e. The first-order chi connectivity index (χ1) is 13.4. The van der Waals surface area contributed by atoms with E-state index in [4.69, 9.17) is 4.74 Å². The van der Waals surface area contributed by atoms with Gasteiger partial charge in [0.2, 0.25) is 11.8 Å². The van der Waals surface area contributed by atoms with Crippen LogP contribution in [-0.4, -0.2) is 37.0 Å². The highest BCUT2D eigenvalue weighted by Gasteiger charge is 2.27. The van der Waals surface area contributed by atoms with Crippen LogP contribution in [0.5, 0.6) is 0 Å². The third-order valence-electron chi connectivity index (χ3n) is 4.46. The summed E-state index contributed by atoms with van der Waals surface area (Å²) in [4.78, 5) is 36.7. The predicted octanol–water partition coefficient (Wildman–Crippen LogP) is 1.94. The molecule has 2 N–H and O–H groups in total. The number of ether oxygens (including phenoxy) is 1. The average molecular weight is 382 g/mol. The van der Waals surface area contributed by atoms with Crippen LogP contribution < -0.4 is 10.6 Å². The minimum absolute atomic E-state index is 0.309. The highest BCUT2D eigenvalue weighted by molar-refractivity contribution is 5.90. The van der Waals surface area contributed by atoms with E-state index in [1.165, 1.54) is 14.0 Å². The third-order valence-corrected chi connectivity index (χ3v) is 4.46. The number of esters is 1. The van der Waals surface area contributed by atoms with Crippen molar-refractivity contribution in [1.29, 1.82) is 0 Å². The Morgan fingerprint density at radius 2 is 1.54 bits per heavy atom. The molecule has 148 valence electrons. The molecule has 2 atom stereocenters. The van der Waals surface area contributed by atoms with Crippen molar-refractivity contribution in [3.63, 3.8) is 0 Å². The van der Waals surface area contributed by atoms with Crippen LogP contribution in [0.15, 0.2) is 54.6 Å². The molecular weight excluding hydrogens is 356 g/mol. The molecule has 0 saturated carbocycles. The van der Waals surface area contributed by atoms with Gasteiger partial charge in [0.15, 0.2) is 0 Å². The Balaban J connectivity index is 2.17. The summed E-state index contributed by atoms with van der Waals surface area (Å²) >= 11 is 0. The lowest BCUT2D eigenvalue weighted by atomic mass is 10.00. The van der Waals surface area contributed by atoms with Crippen molar-refractivity contribution in [2.75, 3.05) is 7.11 Å². The Bertz CT molecular complexity index is 820. The number of hydrogen-bond donors (Lipinski definition) is 2. The summed E-state index contributed by atoms with van der Waals surface area (Å²) in [5.41, 5.74) is 2.87. The maximum absolute atomic E-state index is 12.9. The van der Waals surface area contributed by atoms with E-state index >= 15 is 0 Å². The zero-order valence-corrected chi connectivity index (χ0v) is 16.4. The summed E-state index contributed by atoms with van der Waals surface area (Å²) in [6.07, 6.45) is 0.633. The Hall–Kier alpha value is -3.15. The largest absolute Gasteiger partial charge is 0.467 e. The van der Waals surface area contributed by atoms with Gasteiger partial charge in [-0.05, 0) is 23.6 Å². The topological polar surface area (TPSA) is 84.5 Å². The van der Waals surface area contributed by atoms with Crippen LogP contribution in [0.2, 0.25) is 0 Å². The lowest BCUT2D eigenvalue weighted by Crippen LogP contribution is -2.53. The molecule has 0 spiro atoms. The molecular formula is C22H26N2O4. The second-order valence-electron chi connectivity index (χ2n) is 6.66. The predicted molar refractivity (Wildman–Crippen MR) is 107 cm³/mol. The molecule has 6 heteroatoms. The van der Waals surface area contributed by atoms with E-state index in [0.29, 0.717) is 12.8 Å². The fourth-order valence-electron chi connectivity index (χ4n) is 2.97. The molecule has 6 nitrogen and oxygen atoms in total. The van der Waals surface area contributed by atoms with Crippen molar-refractivity contribution in [1.82, 2.24) is 10.6 Å². The third kappa shape index (κ3) is 6.23. The van der Waals surface area contributed by atoms with Gasteiger partial charge in [0, 0.05) is 19.8 Å². The summed E-state index contributed by atoms with van der Waals surface area (Å²) in [6.45, 7) is 3.30. The van der Waals surface area contributed by atoms with E-state index in [1.54, 1.807) is 0 Å². The van der Waals surface area contributed by atoms with Gasteiger partial charge in [0.1, 0.15) is 12.1 Å². The van der Waals surface area contributed by atoms with Crippen LogP contribution in [-0.2, 0) is 32.0 Å². The number of rotatable bonds is 8. The SMILES string of the molecule is COC(=O)[C@@H](Cc1ccccc1C)NC(=O)[C@H](Cc1ccccc1)NC(C)=O. The van der Waals surface area contributed by atoms with Crippen LogP contribution in [0, 0.1) is 6.92 Å². The number of nitrogens with one attached hydrogen (secondary N) is 2. The molecule has 2 rings (SSSR count). The standard InChI is InChI=1S/C22H26N2O4/c1-15-9-7-8-12-18(15)14-20(22(27)28-3)24-21(26)19(23-16(2)25)13-17-10-5-4-6-11-17/h4-12,19-20H,13-14H2,1-3H3,(H,23,25)(H,24,26)/t19-,20+/m0/s1. The zero-order valence-electron chi connectivity index (χ0n) is 16.4. The van der Waals surface area contributed by atoms with Crippen molar-refractivity contribution in [3.8, 4) is 0 Å². The van der Waals surface area contributed by atoms with Gasteiger partial charge in [-0.25, -0.2) is 4.79 Å². The van der Waals surface area contributed by atoms with Gasteiger partial charge in [-0.2, -0.15) is 0 Å². The molecule has 0 aromatic heterocycles. The Kier molecular flexibility index (Phi) is 7.75. The van der Waals surface area contributed by atoms with E-state index in [9.17, 15) is 14.4 Å². The minimum Gasteiger partial charge on any atom is -0.467 e. The normalized spacial score (nSPS) is 12.5. The Morgan fingerprint density at radius 1 is 0.893 bits per heavy atom. The number of hydrogen-bond acceptors (Lipinski definition) is 4. The highest BCUT2D eigenvalue weighted by Crippen LogP contribution is 2.11. The van der Waals surface area contributed by atoms with Crippen LogP contribution in [0.3, 0.4) is 0 Å². The lowest BCUT2D eigenvalue weighted by molar-refractivity contribution is -0.145. The van der Waals surface area contributed by atoms with Crippen LogP contribution in [0.1, 0.15) is 23.6 Å². The van der Waals surface area contributed by atoms with Crippen molar-refractivity contribution >= 4 is 17.8 Å². The van der Waals surface area contributed by atoms with Crippen LogP contribution in [0.25, 0.3) is 0 Å². The van der Waals surface area contributed by atoms with Crippen molar-refractivity contribution < 1.29 is 19.1 Å². The molecule has 2 aromatic carbocycles. The molecule has 0 aliphatic heterocycles. The van der Waals surface area contributed by atoms with Crippen LogP contribution in [0.4, 0.5) is 0 Å². The quantitative estimate of drug-likeness (QED) is 0.684. The summed E-state index contributed by atoms with van der Waals surface area (Å²) in [5, 5.41) is 5.40. The Morgan fingerprint density at radius 3 is 2.14 bits per heavy atom. The molecule has 2 aromatic rings. The average Bonchev–Trinajstić information content (AvgIpc) is 2.68. The van der Waals surface area contributed by atoms with Crippen molar-refractivity contribution in [2.24, 2.45) is 0 Å². The van der Waals surface area contributed by atoms with Crippen molar-refractivity contribution in [3.05, 3.63) is 71.3 Å². The summed E-state index contributed by atoms with van der Waals surface area (Å²) in [6, 6.07) is 15.4. The summed E-state index contributed by atoms with van der Waals surface area (Å²) in [5.74, 6) is -1.27. The zero-order chi connectivity index (χ0) is 20.5. The van der Waals surface area contributed by atoms with E-state index in [2.05, 4.69) is 10.6 Å². The van der Waals surface area contributed by atoms with Gasteiger partial charge in [0.25, 0.3) is 0 Å². The summed E-state index contributed by atoms with van der Waals surface area (Å²) < 4.78 is 4.86. The monoisotopic (exact) mass is 382 g/mol. The molecule has 28 heavy (non-hydrogen) atoms. The second kappa shape index (κ2) is 10.3. The fourth-order valence-corrected chi connectivity index (χ4v) is 2.97. The van der Waals surface area contributed by atoms with Gasteiger partial charge >= 0.3 is 5.97 Å². The van der Waals surface area contributed by atoms with Gasteiger partial charge in [-0.1, -0.05) is 54.6 Å². The molecule has 0 heterocycles. The van der Waals surface area contributed by atoms with Gasteiger partial charge in [0.05, 0.1) is 7.11 Å². The number of amides is 2. The first-order valence-corrected chi connectivity index (χ1v) is 9.14. The minimum atomic E-state index is -0.842. The first-order valence-electron chi connectivity index (χ1n) is 9.14. The van der Waals surface area contributed by atoms with E-state index in [0.717, 1.165) is 16.7 Å². The molecule has 0 unspecified atom stereocenters. The number of methoxy groups -OCH3 is 1. The molecule has 0 radical (unpaired) electrons. The molecule has 0 bridgehead atoms. The van der Waals surface area contributed by atoms with E-state index in [1.807, 2.05) is 61.5 Å². The molecule has 0 fully saturated rings. The number of carbonyl (C=O) groups excluding carboxylic acids is 3. The lowest BCUT2D eigenvalue weighted by Gasteiger charge is -2.22.